The average molecular weight is 452 g/mol. The van der Waals surface area contributed by atoms with Crippen molar-refractivity contribution in [3.05, 3.63) is 69.8 Å². The molecule has 0 aliphatic carbocycles. The highest BCUT2D eigenvalue weighted by atomic mass is 19.3. The summed E-state index contributed by atoms with van der Waals surface area (Å²) in [4.78, 5) is 32.6. The minimum absolute atomic E-state index is 0.0155. The SMILES string of the molecule is CCOC(=O)c1cn(Cc2nc3cc(OCC(F)F)c(C#N)cc3[nH]2)c2ccccc2c1=O. The zero-order valence-corrected chi connectivity index (χ0v) is 17.5. The van der Waals surface area contributed by atoms with E-state index < -0.39 is 24.4 Å². The molecule has 4 rings (SSSR count). The molecule has 0 aliphatic rings. The Morgan fingerprint density at radius 3 is 2.82 bits per heavy atom. The number of rotatable bonds is 7. The molecule has 0 saturated heterocycles. The Balaban J connectivity index is 1.77. The zero-order valence-electron chi connectivity index (χ0n) is 17.5. The molecule has 0 unspecified atom stereocenters. The Hall–Kier alpha value is -4.26. The van der Waals surface area contributed by atoms with E-state index >= 15 is 0 Å². The number of benzene rings is 2. The van der Waals surface area contributed by atoms with Gasteiger partial charge in [0.25, 0.3) is 6.43 Å². The van der Waals surface area contributed by atoms with Gasteiger partial charge >= 0.3 is 5.97 Å². The first-order chi connectivity index (χ1) is 15.9. The maximum atomic E-state index is 12.8. The largest absolute Gasteiger partial charge is 0.486 e. The standard InChI is InChI=1S/C23H18F2N4O4/c1-2-32-23(31)15-10-29(18-6-4-3-5-14(18)22(15)30)11-21-27-16-7-13(9-26)19(8-17(16)28-21)33-12-20(24)25/h3-8,10,20H,2,11-12H2,1H3,(H,27,28). The average Bonchev–Trinajstić information content (AvgIpc) is 3.20. The van der Waals surface area contributed by atoms with E-state index in [0.717, 1.165) is 0 Å². The van der Waals surface area contributed by atoms with Crippen LogP contribution in [0, 0.1) is 11.3 Å². The molecule has 33 heavy (non-hydrogen) atoms. The summed E-state index contributed by atoms with van der Waals surface area (Å²) in [7, 11) is 0. The minimum Gasteiger partial charge on any atom is -0.486 e. The molecule has 2 aromatic heterocycles. The fraction of sp³-hybridized carbons (Fsp3) is 0.217. The number of carbonyl (C=O) groups is 1. The maximum absolute atomic E-state index is 12.8. The Bertz CT molecular complexity index is 1450. The first-order valence-electron chi connectivity index (χ1n) is 10.0. The second-order valence-corrected chi connectivity index (χ2v) is 7.10. The minimum atomic E-state index is -2.68. The Labute approximate surface area is 186 Å². The summed E-state index contributed by atoms with van der Waals surface area (Å²) in [6.45, 7) is 1.11. The third-order valence-corrected chi connectivity index (χ3v) is 4.92. The molecule has 10 heteroatoms. The highest BCUT2D eigenvalue weighted by Gasteiger charge is 2.18. The Kier molecular flexibility index (Phi) is 6.04. The Morgan fingerprint density at radius 2 is 2.09 bits per heavy atom. The molecule has 0 fully saturated rings. The van der Waals surface area contributed by atoms with Crippen LogP contribution < -0.4 is 10.2 Å². The van der Waals surface area contributed by atoms with Gasteiger partial charge in [-0.25, -0.2) is 18.6 Å². The number of carbonyl (C=O) groups excluding carboxylic acids is 1. The molecule has 0 saturated carbocycles. The first kappa shape index (κ1) is 22.0. The second-order valence-electron chi connectivity index (χ2n) is 7.10. The number of alkyl halides is 2. The molecule has 2 aromatic carbocycles. The van der Waals surface area contributed by atoms with Crippen LogP contribution in [0.5, 0.6) is 5.75 Å². The van der Waals surface area contributed by atoms with Crippen LogP contribution >= 0.6 is 0 Å². The van der Waals surface area contributed by atoms with Crippen LogP contribution in [0.3, 0.4) is 0 Å². The summed E-state index contributed by atoms with van der Waals surface area (Å²) >= 11 is 0. The quantitative estimate of drug-likeness (QED) is 0.429. The molecular formula is C23H18F2N4O4. The summed E-state index contributed by atoms with van der Waals surface area (Å²) in [6, 6.07) is 11.7. The van der Waals surface area contributed by atoms with Crippen molar-refractivity contribution < 1.29 is 23.0 Å². The van der Waals surface area contributed by atoms with Crippen molar-refractivity contribution in [1.29, 1.82) is 5.26 Å². The van der Waals surface area contributed by atoms with Gasteiger partial charge in [0, 0.05) is 17.6 Å². The number of pyridine rings is 1. The van der Waals surface area contributed by atoms with Crippen LogP contribution in [0.2, 0.25) is 0 Å². The van der Waals surface area contributed by atoms with Crippen molar-refractivity contribution in [3.63, 3.8) is 0 Å². The second kappa shape index (κ2) is 9.08. The first-order valence-corrected chi connectivity index (χ1v) is 10.0. The van der Waals surface area contributed by atoms with Crippen molar-refractivity contribution in [1.82, 2.24) is 14.5 Å². The number of nitrogens with zero attached hydrogens (tertiary/aromatic N) is 3. The van der Waals surface area contributed by atoms with Crippen molar-refractivity contribution >= 4 is 27.9 Å². The van der Waals surface area contributed by atoms with Gasteiger partial charge in [0.2, 0.25) is 5.43 Å². The molecule has 0 amide bonds. The van der Waals surface area contributed by atoms with E-state index in [-0.39, 0.29) is 30.0 Å². The van der Waals surface area contributed by atoms with E-state index in [1.807, 2.05) is 6.07 Å². The maximum Gasteiger partial charge on any atom is 0.343 e. The molecule has 2 heterocycles. The van der Waals surface area contributed by atoms with Crippen LogP contribution in [-0.2, 0) is 11.3 Å². The number of imidazole rings is 1. The summed E-state index contributed by atoms with van der Waals surface area (Å²) in [6.07, 6.45) is -1.25. The van der Waals surface area contributed by atoms with E-state index in [9.17, 15) is 23.6 Å². The number of ether oxygens (including phenoxy) is 2. The van der Waals surface area contributed by atoms with Crippen molar-refractivity contribution in [2.24, 2.45) is 0 Å². The van der Waals surface area contributed by atoms with Gasteiger partial charge in [0.1, 0.15) is 29.8 Å². The number of aromatic amines is 1. The fourth-order valence-corrected chi connectivity index (χ4v) is 3.52. The summed E-state index contributed by atoms with van der Waals surface area (Å²) in [5, 5.41) is 9.68. The fourth-order valence-electron chi connectivity index (χ4n) is 3.52. The van der Waals surface area contributed by atoms with Gasteiger partial charge in [0.15, 0.2) is 0 Å². The van der Waals surface area contributed by atoms with E-state index in [4.69, 9.17) is 9.47 Å². The number of hydrogen-bond donors (Lipinski definition) is 1. The lowest BCUT2D eigenvalue weighted by atomic mass is 10.1. The van der Waals surface area contributed by atoms with Gasteiger partial charge in [-0.2, -0.15) is 5.26 Å². The molecular weight excluding hydrogens is 434 g/mol. The number of nitrogens with one attached hydrogen (secondary N) is 1. The lowest BCUT2D eigenvalue weighted by molar-refractivity contribution is 0.0524. The molecule has 0 aliphatic heterocycles. The van der Waals surface area contributed by atoms with Gasteiger partial charge < -0.3 is 19.0 Å². The van der Waals surface area contributed by atoms with Crippen LogP contribution in [0.1, 0.15) is 28.7 Å². The van der Waals surface area contributed by atoms with E-state index in [2.05, 4.69) is 9.97 Å². The predicted octanol–water partition coefficient (Wildman–Crippen LogP) is 3.62. The zero-order chi connectivity index (χ0) is 23.5. The van der Waals surface area contributed by atoms with Crippen molar-refractivity contribution in [2.45, 2.75) is 19.9 Å². The van der Waals surface area contributed by atoms with Gasteiger partial charge in [0.05, 0.1) is 35.3 Å². The lowest BCUT2D eigenvalue weighted by Gasteiger charge is -2.12. The van der Waals surface area contributed by atoms with Gasteiger partial charge in [-0.3, -0.25) is 4.79 Å². The topological polar surface area (TPSA) is 110 Å². The van der Waals surface area contributed by atoms with Crippen molar-refractivity contribution in [2.75, 3.05) is 13.2 Å². The smallest absolute Gasteiger partial charge is 0.343 e. The highest BCUT2D eigenvalue weighted by molar-refractivity contribution is 5.93. The third kappa shape index (κ3) is 4.39. The van der Waals surface area contributed by atoms with Crippen LogP contribution in [0.25, 0.3) is 21.9 Å². The van der Waals surface area contributed by atoms with Crippen LogP contribution in [0.15, 0.2) is 47.4 Å². The van der Waals surface area contributed by atoms with E-state index in [1.54, 1.807) is 35.8 Å². The van der Waals surface area contributed by atoms with Gasteiger partial charge in [-0.15, -0.1) is 0 Å². The number of nitriles is 1. The number of para-hydroxylation sites is 1. The third-order valence-electron chi connectivity index (χ3n) is 4.92. The number of esters is 1. The normalized spacial score (nSPS) is 11.1. The monoisotopic (exact) mass is 452 g/mol. The number of hydrogen-bond acceptors (Lipinski definition) is 6. The van der Waals surface area contributed by atoms with E-state index in [1.165, 1.54) is 18.3 Å². The molecule has 1 N–H and O–H groups in total. The molecule has 0 atom stereocenters. The summed E-state index contributed by atoms with van der Waals surface area (Å²) in [5.74, 6) is -0.239. The van der Waals surface area contributed by atoms with Crippen LogP contribution in [-0.4, -0.2) is 40.1 Å². The summed E-state index contributed by atoms with van der Waals surface area (Å²) < 4.78 is 36.8. The van der Waals surface area contributed by atoms with Crippen molar-refractivity contribution in [3.8, 4) is 11.8 Å². The Morgan fingerprint density at radius 1 is 1.30 bits per heavy atom. The predicted molar refractivity (Wildman–Crippen MR) is 116 cm³/mol. The van der Waals surface area contributed by atoms with E-state index in [0.29, 0.717) is 27.8 Å². The molecule has 168 valence electrons. The number of H-pyrrole nitrogens is 1. The number of halogens is 2. The van der Waals surface area contributed by atoms with Gasteiger partial charge in [-0.1, -0.05) is 12.1 Å². The molecule has 0 spiro atoms. The molecule has 0 radical (unpaired) electrons. The van der Waals surface area contributed by atoms with Gasteiger partial charge in [-0.05, 0) is 25.1 Å². The molecule has 0 bridgehead atoms. The van der Waals surface area contributed by atoms with Crippen LogP contribution in [0.4, 0.5) is 8.78 Å². The number of aromatic nitrogens is 3. The number of fused-ring (bicyclic) bond motifs is 2. The summed E-state index contributed by atoms with van der Waals surface area (Å²) in [5.41, 5.74) is 1.10. The lowest BCUT2D eigenvalue weighted by Crippen LogP contribution is -2.21. The molecule has 8 nitrogen and oxygen atoms in total. The highest BCUT2D eigenvalue weighted by Crippen LogP contribution is 2.25. The molecule has 4 aromatic rings.